The van der Waals surface area contributed by atoms with Crippen LogP contribution in [0.1, 0.15) is 11.1 Å². The molecule has 0 unspecified atom stereocenters. The Hall–Kier alpha value is -13.0. The first-order valence-electron chi connectivity index (χ1n) is 33.2. The van der Waals surface area contributed by atoms with Crippen molar-refractivity contribution in [2.75, 3.05) is 0 Å². The van der Waals surface area contributed by atoms with Crippen molar-refractivity contribution in [2.45, 2.75) is 6.42 Å². The molecule has 1 aliphatic carbocycles. The zero-order chi connectivity index (χ0) is 65.2. The molecule has 0 fully saturated rings. The largest absolute Gasteiger partial charge is 0.436 e. The Morgan fingerprint density at radius 1 is 0.323 bits per heavy atom. The number of rotatable bonds is 5. The van der Waals surface area contributed by atoms with Gasteiger partial charge in [0.15, 0.2) is 0 Å². The van der Waals surface area contributed by atoms with Crippen LogP contribution in [0.15, 0.2) is 325 Å². The van der Waals surface area contributed by atoms with E-state index >= 15 is 0 Å². The van der Waals surface area contributed by atoms with Gasteiger partial charge in [-0.05, 0) is 123 Å². The molecule has 7 aromatic heterocycles. The summed E-state index contributed by atoms with van der Waals surface area (Å²) in [4.78, 5) is 19.2. The summed E-state index contributed by atoms with van der Waals surface area (Å²) in [6, 6.07) is 106. The van der Waals surface area contributed by atoms with Crippen LogP contribution in [0.25, 0.3) is 182 Å². The molecule has 0 bridgehead atoms. The number of halogens is 1. The van der Waals surface area contributed by atoms with Crippen molar-refractivity contribution < 1.29 is 8.83 Å². The topological polar surface area (TPSA) is 92.6 Å². The van der Waals surface area contributed by atoms with E-state index in [1.165, 1.54) is 87.8 Å². The van der Waals surface area contributed by atoms with Crippen molar-refractivity contribution in [2.24, 2.45) is 0 Å². The van der Waals surface area contributed by atoms with Crippen LogP contribution < -0.4 is 0 Å². The first-order valence-corrected chi connectivity index (χ1v) is 33.6. The molecule has 0 radical (unpaired) electrons. The summed E-state index contributed by atoms with van der Waals surface area (Å²) in [5.41, 5.74) is 24.0. The van der Waals surface area contributed by atoms with Crippen LogP contribution in [0.4, 0.5) is 0 Å². The van der Waals surface area contributed by atoms with Gasteiger partial charge in [-0.1, -0.05) is 236 Å². The molecule has 0 N–H and O–H groups in total. The van der Waals surface area contributed by atoms with E-state index in [0.29, 0.717) is 16.4 Å². The van der Waals surface area contributed by atoms with Crippen molar-refractivity contribution in [1.29, 1.82) is 0 Å². The third-order valence-electron chi connectivity index (χ3n) is 19.8. The Morgan fingerprint density at radius 2 is 0.758 bits per heavy atom. The van der Waals surface area contributed by atoms with Crippen LogP contribution >= 0.6 is 11.6 Å². The van der Waals surface area contributed by atoms with E-state index in [1.54, 1.807) is 6.20 Å². The summed E-state index contributed by atoms with van der Waals surface area (Å²) >= 11 is 6.07. The smallest absolute Gasteiger partial charge is 0.246 e. The van der Waals surface area contributed by atoms with Crippen molar-refractivity contribution in [3.8, 4) is 50.7 Å². The van der Waals surface area contributed by atoms with Gasteiger partial charge in [0.05, 0.1) is 67.7 Å². The Kier molecular flexibility index (Phi) is 12.9. The van der Waals surface area contributed by atoms with E-state index in [4.69, 9.17) is 30.4 Å². The minimum absolute atomic E-state index is 0.541. The van der Waals surface area contributed by atoms with E-state index in [-0.39, 0.29) is 0 Å². The number of nitrogens with zero attached hydrogens (tertiary/aromatic N) is 7. The lowest BCUT2D eigenvalue weighted by Gasteiger charge is -2.13. The normalized spacial score (nSPS) is 12.1. The second kappa shape index (κ2) is 22.6. The summed E-state index contributed by atoms with van der Waals surface area (Å²) in [6.45, 7) is 0. The predicted molar refractivity (Wildman–Crippen MR) is 407 cm³/mol. The minimum atomic E-state index is 0.541. The maximum absolute atomic E-state index is 6.29. The second-order valence-corrected chi connectivity index (χ2v) is 25.7. The van der Waals surface area contributed by atoms with Crippen LogP contribution in [0.2, 0.25) is 5.02 Å². The highest BCUT2D eigenvalue weighted by Gasteiger charge is 2.26. The number of fused-ring (bicyclic) bond motifs is 24. The molecule has 9 nitrogen and oxygen atoms in total. The highest BCUT2D eigenvalue weighted by Crippen LogP contribution is 2.46. The van der Waals surface area contributed by atoms with Crippen molar-refractivity contribution >= 4 is 143 Å². The monoisotopic (exact) mass is 1290 g/mol. The van der Waals surface area contributed by atoms with Gasteiger partial charge in [-0.15, -0.1) is 0 Å². The molecule has 7 heterocycles. The molecule has 0 spiro atoms. The van der Waals surface area contributed by atoms with Gasteiger partial charge in [0, 0.05) is 71.9 Å². The van der Waals surface area contributed by atoms with Crippen LogP contribution in [-0.4, -0.2) is 33.6 Å². The third-order valence-corrected chi connectivity index (χ3v) is 20.0. The number of hydrogen-bond acceptors (Lipinski definition) is 6. The van der Waals surface area contributed by atoms with Gasteiger partial charge in [-0.2, -0.15) is 0 Å². The number of benzene rings is 14. The molecule has 0 atom stereocenters. The van der Waals surface area contributed by atoms with Crippen molar-refractivity contribution in [1.82, 2.24) is 33.6 Å². The quantitative estimate of drug-likeness (QED) is 0.170. The summed E-state index contributed by atoms with van der Waals surface area (Å²) in [7, 11) is 0. The Morgan fingerprint density at radius 3 is 1.31 bits per heavy atom. The Balaban J connectivity index is 0.000000111. The molecular formula is C89H54ClN7O2. The average Bonchev–Trinajstić information content (AvgIpc) is 1.55. The molecule has 0 saturated heterocycles. The van der Waals surface area contributed by atoms with Gasteiger partial charge in [0.2, 0.25) is 11.4 Å². The van der Waals surface area contributed by atoms with Crippen molar-refractivity contribution in [3.05, 3.63) is 332 Å². The highest BCUT2D eigenvalue weighted by molar-refractivity contribution is 6.31. The number of aromatic nitrogens is 7. The summed E-state index contributed by atoms with van der Waals surface area (Å²) in [5, 5.41) is 14.8. The lowest BCUT2D eigenvalue weighted by atomic mass is 10.0. The third kappa shape index (κ3) is 9.02. The molecule has 21 aromatic rings. The van der Waals surface area contributed by atoms with E-state index in [1.807, 2.05) is 54.7 Å². The predicted octanol–water partition coefficient (Wildman–Crippen LogP) is 23.6. The second-order valence-electron chi connectivity index (χ2n) is 25.3. The summed E-state index contributed by atoms with van der Waals surface area (Å²) in [5.74, 6) is 0. The number of furan rings is 2. The van der Waals surface area contributed by atoms with Crippen LogP contribution in [0.5, 0.6) is 0 Å². The molecule has 0 amide bonds. The highest BCUT2D eigenvalue weighted by atomic mass is 35.5. The molecule has 14 aromatic carbocycles. The molecular weight excluding hydrogens is 1230 g/mol. The Bertz CT molecular complexity index is 6860. The van der Waals surface area contributed by atoms with Crippen LogP contribution in [0, 0.1) is 0 Å². The molecule has 22 rings (SSSR count). The fraction of sp³-hybridized carbons (Fsp3) is 0.0112. The SMILES string of the molecule is Clc1cccc(-c2cnc3c(n2)oc2ccc4ccccc4c23)c1.c1ccc(-n2c3ccccc3c3ccc4c(c32)Cc2ccccc2-4)cc1.c1ccc(-n2c3ccccc3c3ccc4c5ccccc5n(-c5cccc(-c6cnc7c(n6)oc6ccc8ccccc8c67)c5)c4c32)cc1. The molecule has 464 valence electrons. The lowest BCUT2D eigenvalue weighted by molar-refractivity contribution is 0.653. The lowest BCUT2D eigenvalue weighted by Crippen LogP contribution is -1.99. The maximum Gasteiger partial charge on any atom is 0.246 e. The first-order chi connectivity index (χ1) is 49.0. The maximum atomic E-state index is 6.29. The summed E-state index contributed by atoms with van der Waals surface area (Å²) in [6.07, 6.45) is 4.65. The fourth-order valence-electron chi connectivity index (χ4n) is 15.5. The number of para-hydroxylation sites is 5. The Labute approximate surface area is 570 Å². The van der Waals surface area contributed by atoms with E-state index in [0.717, 1.165) is 100 Å². The fourth-order valence-corrected chi connectivity index (χ4v) is 15.7. The summed E-state index contributed by atoms with van der Waals surface area (Å²) < 4.78 is 19.5. The van der Waals surface area contributed by atoms with Gasteiger partial charge in [0.1, 0.15) is 22.2 Å². The molecule has 99 heavy (non-hydrogen) atoms. The van der Waals surface area contributed by atoms with Gasteiger partial charge in [-0.3, -0.25) is 0 Å². The first kappa shape index (κ1) is 56.4. The molecule has 0 saturated carbocycles. The van der Waals surface area contributed by atoms with E-state index in [2.05, 4.69) is 278 Å². The zero-order valence-electron chi connectivity index (χ0n) is 53.1. The zero-order valence-corrected chi connectivity index (χ0v) is 53.8. The van der Waals surface area contributed by atoms with Crippen LogP contribution in [-0.2, 0) is 6.42 Å². The number of hydrogen-bond donors (Lipinski definition) is 0. The minimum Gasteiger partial charge on any atom is -0.436 e. The van der Waals surface area contributed by atoms with Crippen molar-refractivity contribution in [3.63, 3.8) is 0 Å². The van der Waals surface area contributed by atoms with E-state index < -0.39 is 0 Å². The van der Waals surface area contributed by atoms with Gasteiger partial charge in [0.25, 0.3) is 0 Å². The molecule has 10 heteroatoms. The average molecular weight is 1290 g/mol. The van der Waals surface area contributed by atoms with Crippen LogP contribution in [0.3, 0.4) is 0 Å². The van der Waals surface area contributed by atoms with Gasteiger partial charge in [-0.25, -0.2) is 19.9 Å². The standard InChI is InChI=1S/C44H26N4O.C25H17N.C20H11ClN2O/c1-2-13-29(14-3-1)47-37-19-8-6-17-32(37)34-22-23-35-33-18-7-9-20-38(33)48(43(35)42(34)47)30-15-10-12-28(25-30)36-26-45-41-40-31-16-5-4-11-27(31)21-24-39(40)49-44(41)46-36;1-2-9-18(10-3-1)26-24-13-7-6-12-21(24)22-15-14-20-19-11-5-4-8-17(19)16-23(20)25(22)26;21-14-6-3-5-13(10-14)16-11-22-19-18-15-7-2-1-4-12(15)8-9-17(18)24-20(19)23-16/h1-26H;1-15H,16H2;1-11H. The molecule has 0 aliphatic heterocycles. The van der Waals surface area contributed by atoms with Gasteiger partial charge >= 0.3 is 0 Å². The molecule has 1 aliphatic rings. The van der Waals surface area contributed by atoms with Gasteiger partial charge < -0.3 is 22.5 Å². The van der Waals surface area contributed by atoms with E-state index in [9.17, 15) is 0 Å².